The van der Waals surface area contributed by atoms with Gasteiger partial charge in [-0.2, -0.15) is 0 Å². The zero-order valence-electron chi connectivity index (χ0n) is 19.3. The van der Waals surface area contributed by atoms with Crippen molar-refractivity contribution in [3.63, 3.8) is 0 Å². The highest BCUT2D eigenvalue weighted by atomic mass is 79.9. The normalized spacial score (nSPS) is 16.6. The van der Waals surface area contributed by atoms with Crippen molar-refractivity contribution in [2.45, 2.75) is 19.5 Å². The van der Waals surface area contributed by atoms with Crippen molar-refractivity contribution < 1.29 is 9.18 Å². The first kappa shape index (κ1) is 23.3. The summed E-state index contributed by atoms with van der Waals surface area (Å²) < 4.78 is 16.6. The number of pyridine rings is 1. The molecule has 1 aromatic carbocycles. The van der Waals surface area contributed by atoms with Crippen molar-refractivity contribution in [1.82, 2.24) is 34.9 Å². The summed E-state index contributed by atoms with van der Waals surface area (Å²) >= 11 is 3.37. The highest BCUT2D eigenvalue weighted by Gasteiger charge is 2.31. The van der Waals surface area contributed by atoms with Gasteiger partial charge in [-0.05, 0) is 59.7 Å². The summed E-state index contributed by atoms with van der Waals surface area (Å²) in [6, 6.07) is 8.39. The maximum absolute atomic E-state index is 14.1. The van der Waals surface area contributed by atoms with Crippen LogP contribution in [0.3, 0.4) is 0 Å². The van der Waals surface area contributed by atoms with E-state index in [0.29, 0.717) is 48.9 Å². The summed E-state index contributed by atoms with van der Waals surface area (Å²) in [5.74, 6) is 0.340. The minimum absolute atomic E-state index is 0.0713. The molecule has 1 N–H and O–H groups in total. The molecule has 1 fully saturated rings. The molecule has 11 heteroatoms. The molecule has 0 spiro atoms. The highest BCUT2D eigenvalue weighted by Crippen LogP contribution is 2.26. The third-order valence-corrected chi connectivity index (χ3v) is 6.67. The third-order valence-electron chi connectivity index (χ3n) is 6.20. The molecular formula is C24H24BrFN8O. The second kappa shape index (κ2) is 9.67. The predicted molar refractivity (Wildman–Crippen MR) is 134 cm³/mol. The maximum atomic E-state index is 14.1. The second-order valence-corrected chi connectivity index (χ2v) is 9.49. The molecule has 4 aromatic rings. The van der Waals surface area contributed by atoms with Gasteiger partial charge in [0.15, 0.2) is 5.65 Å². The van der Waals surface area contributed by atoms with Gasteiger partial charge >= 0.3 is 0 Å². The number of hydrogen-bond acceptors (Lipinski definition) is 7. The quantitative estimate of drug-likeness (QED) is 0.417. The Morgan fingerprint density at radius 2 is 2.06 bits per heavy atom. The molecule has 0 bridgehead atoms. The molecule has 3 aromatic heterocycles. The van der Waals surface area contributed by atoms with E-state index in [9.17, 15) is 9.18 Å². The van der Waals surface area contributed by atoms with Crippen LogP contribution in [0.4, 0.5) is 10.2 Å². The number of nitrogens with zero attached hydrogens (tertiary/aromatic N) is 7. The lowest BCUT2D eigenvalue weighted by Gasteiger charge is -2.39. The SMILES string of the molecule is Cc1ccc(-n2cc3c(N4CCN(C)C(C(=O)NCc5ccc(Br)cn5)C4)ncnc3n2)cc1F. The topological polar surface area (TPSA) is 92.1 Å². The van der Waals surface area contributed by atoms with E-state index < -0.39 is 0 Å². The van der Waals surface area contributed by atoms with Crippen LogP contribution < -0.4 is 10.2 Å². The molecule has 1 atom stereocenters. The number of amides is 1. The fourth-order valence-electron chi connectivity index (χ4n) is 4.09. The average molecular weight is 539 g/mol. The van der Waals surface area contributed by atoms with E-state index in [2.05, 4.69) is 46.2 Å². The van der Waals surface area contributed by atoms with Gasteiger partial charge in [0.1, 0.15) is 24.0 Å². The Morgan fingerprint density at radius 1 is 1.20 bits per heavy atom. The number of rotatable bonds is 5. The van der Waals surface area contributed by atoms with E-state index in [-0.39, 0.29) is 17.8 Å². The number of hydrogen-bond donors (Lipinski definition) is 1. The van der Waals surface area contributed by atoms with Crippen LogP contribution in [0.1, 0.15) is 11.3 Å². The zero-order chi connectivity index (χ0) is 24.5. The van der Waals surface area contributed by atoms with Crippen molar-refractivity contribution in [2.75, 3.05) is 31.6 Å². The summed E-state index contributed by atoms with van der Waals surface area (Å²) in [6.45, 7) is 3.93. The standard InChI is InChI=1S/C24H24BrFN8O/c1-15-3-6-18(9-20(15)26)34-12-19-22(31-34)29-14-30-23(19)33-8-7-32(2)21(13-33)24(35)28-11-17-5-4-16(25)10-27-17/h3-6,9-10,12,14,21H,7-8,11,13H2,1-2H3,(H,28,35). The fourth-order valence-corrected chi connectivity index (χ4v) is 4.32. The molecule has 35 heavy (non-hydrogen) atoms. The molecule has 1 aliphatic rings. The number of aryl methyl sites for hydroxylation is 1. The first-order chi connectivity index (χ1) is 16.9. The molecule has 1 saturated heterocycles. The molecule has 4 heterocycles. The third kappa shape index (κ3) is 4.87. The Balaban J connectivity index is 1.36. The molecule has 0 aliphatic carbocycles. The number of fused-ring (bicyclic) bond motifs is 1. The summed E-state index contributed by atoms with van der Waals surface area (Å²) in [6.07, 6.45) is 4.99. The van der Waals surface area contributed by atoms with Crippen LogP contribution >= 0.6 is 15.9 Å². The lowest BCUT2D eigenvalue weighted by molar-refractivity contribution is -0.126. The number of halogens is 2. The van der Waals surface area contributed by atoms with Gasteiger partial charge in [-0.25, -0.2) is 19.0 Å². The van der Waals surface area contributed by atoms with E-state index in [1.807, 2.05) is 30.1 Å². The van der Waals surface area contributed by atoms with Crippen LogP contribution in [0.5, 0.6) is 0 Å². The Morgan fingerprint density at radius 3 is 2.83 bits per heavy atom. The van der Waals surface area contributed by atoms with Gasteiger partial charge in [0.2, 0.25) is 5.91 Å². The van der Waals surface area contributed by atoms with Crippen molar-refractivity contribution in [3.8, 4) is 5.69 Å². The van der Waals surface area contributed by atoms with Gasteiger partial charge in [0, 0.05) is 36.5 Å². The summed E-state index contributed by atoms with van der Waals surface area (Å²) in [5.41, 5.74) is 2.48. The highest BCUT2D eigenvalue weighted by molar-refractivity contribution is 9.10. The largest absolute Gasteiger partial charge is 0.353 e. The van der Waals surface area contributed by atoms with E-state index in [4.69, 9.17) is 0 Å². The fraction of sp³-hybridized carbons (Fsp3) is 0.292. The summed E-state index contributed by atoms with van der Waals surface area (Å²) in [7, 11) is 1.94. The van der Waals surface area contributed by atoms with Crippen LogP contribution in [0, 0.1) is 12.7 Å². The van der Waals surface area contributed by atoms with Gasteiger partial charge in [-0.3, -0.25) is 14.7 Å². The number of carbonyl (C=O) groups excluding carboxylic acids is 1. The maximum Gasteiger partial charge on any atom is 0.239 e. The van der Waals surface area contributed by atoms with Crippen LogP contribution in [0.15, 0.2) is 53.5 Å². The van der Waals surface area contributed by atoms with E-state index in [1.165, 1.54) is 12.4 Å². The number of carbonyl (C=O) groups is 1. The molecule has 0 saturated carbocycles. The number of nitrogens with one attached hydrogen (secondary N) is 1. The molecular weight excluding hydrogens is 515 g/mol. The Labute approximate surface area is 210 Å². The number of benzene rings is 1. The van der Waals surface area contributed by atoms with Crippen LogP contribution in [0.25, 0.3) is 16.7 Å². The molecule has 180 valence electrons. The molecule has 5 rings (SSSR count). The average Bonchev–Trinajstić information content (AvgIpc) is 3.30. The molecule has 9 nitrogen and oxygen atoms in total. The molecule has 0 radical (unpaired) electrons. The number of aromatic nitrogens is 5. The van der Waals surface area contributed by atoms with Gasteiger partial charge in [-0.1, -0.05) is 6.07 Å². The van der Waals surface area contributed by atoms with Gasteiger partial charge < -0.3 is 10.2 Å². The van der Waals surface area contributed by atoms with Gasteiger partial charge in [0.25, 0.3) is 0 Å². The number of anilines is 1. The Kier molecular flexibility index (Phi) is 6.44. The van der Waals surface area contributed by atoms with Gasteiger partial charge in [0.05, 0.1) is 23.3 Å². The number of likely N-dealkylation sites (N-methyl/N-ethyl adjacent to an activating group) is 1. The predicted octanol–water partition coefficient (Wildman–Crippen LogP) is 2.86. The van der Waals surface area contributed by atoms with Gasteiger partial charge in [-0.15, -0.1) is 5.10 Å². The molecule has 1 unspecified atom stereocenters. The van der Waals surface area contributed by atoms with Crippen LogP contribution in [0.2, 0.25) is 0 Å². The van der Waals surface area contributed by atoms with Crippen LogP contribution in [-0.2, 0) is 11.3 Å². The minimum atomic E-state index is -0.356. The second-order valence-electron chi connectivity index (χ2n) is 8.57. The van der Waals surface area contributed by atoms with Crippen molar-refractivity contribution in [1.29, 1.82) is 0 Å². The Hall–Kier alpha value is -3.44. The minimum Gasteiger partial charge on any atom is -0.353 e. The smallest absolute Gasteiger partial charge is 0.239 e. The van der Waals surface area contributed by atoms with Crippen molar-refractivity contribution in [3.05, 3.63) is 70.6 Å². The molecule has 1 aliphatic heterocycles. The first-order valence-corrected chi connectivity index (χ1v) is 12.0. The lowest BCUT2D eigenvalue weighted by Crippen LogP contribution is -2.57. The van der Waals surface area contributed by atoms with Crippen molar-refractivity contribution >= 4 is 38.7 Å². The number of piperazine rings is 1. The van der Waals surface area contributed by atoms with E-state index in [1.54, 1.807) is 30.1 Å². The van der Waals surface area contributed by atoms with E-state index >= 15 is 0 Å². The van der Waals surface area contributed by atoms with Crippen LogP contribution in [-0.4, -0.2) is 68.3 Å². The van der Waals surface area contributed by atoms with E-state index in [0.717, 1.165) is 15.6 Å². The van der Waals surface area contributed by atoms with Crippen molar-refractivity contribution in [2.24, 2.45) is 0 Å². The monoisotopic (exact) mass is 538 g/mol. The summed E-state index contributed by atoms with van der Waals surface area (Å²) in [4.78, 5) is 30.3. The molecule has 1 amide bonds. The first-order valence-electron chi connectivity index (χ1n) is 11.2. The lowest BCUT2D eigenvalue weighted by atomic mass is 10.1. The summed E-state index contributed by atoms with van der Waals surface area (Å²) in [5, 5.41) is 8.26. The Bertz CT molecular complexity index is 1380. The zero-order valence-corrected chi connectivity index (χ0v) is 20.9.